The summed E-state index contributed by atoms with van der Waals surface area (Å²) < 4.78 is 5.74. The van der Waals surface area contributed by atoms with Gasteiger partial charge in [-0.1, -0.05) is 0 Å². The zero-order valence-electron chi connectivity index (χ0n) is 10.6. The Labute approximate surface area is 111 Å². The van der Waals surface area contributed by atoms with Gasteiger partial charge in [-0.25, -0.2) is 0 Å². The van der Waals surface area contributed by atoms with E-state index in [-0.39, 0.29) is 5.78 Å². The number of ketones is 1. The second-order valence-corrected chi connectivity index (χ2v) is 5.05. The van der Waals surface area contributed by atoms with Crippen LogP contribution in [0, 0.1) is 6.92 Å². The molecule has 0 aliphatic rings. The number of carbonyl (C=O) groups is 1. The Morgan fingerprint density at radius 1 is 1.33 bits per heavy atom. The highest BCUT2D eigenvalue weighted by molar-refractivity contribution is 7.07. The minimum absolute atomic E-state index is 0.0860. The molecular weight excluding hydrogens is 244 g/mol. The molecule has 0 unspecified atom stereocenters. The van der Waals surface area contributed by atoms with Crippen molar-refractivity contribution in [1.29, 1.82) is 0 Å². The number of ether oxygens (including phenoxy) is 1. The summed E-state index contributed by atoms with van der Waals surface area (Å²) in [4.78, 5) is 11.2. The molecule has 1 aromatic carbocycles. The Morgan fingerprint density at radius 2 is 2.17 bits per heavy atom. The van der Waals surface area contributed by atoms with Crippen LogP contribution in [0.5, 0.6) is 5.75 Å². The predicted octanol–water partition coefficient (Wildman–Crippen LogP) is 3.88. The van der Waals surface area contributed by atoms with Gasteiger partial charge in [0, 0.05) is 12.0 Å². The van der Waals surface area contributed by atoms with Crippen LogP contribution in [0.4, 0.5) is 0 Å². The number of Topliss-reactive ketones (excluding diaryl/α,β-unsaturated/α-hetero) is 1. The number of carbonyl (C=O) groups excluding carboxylic acids is 1. The van der Waals surface area contributed by atoms with Gasteiger partial charge in [-0.05, 0) is 60.0 Å². The van der Waals surface area contributed by atoms with Gasteiger partial charge in [0.15, 0.2) is 5.78 Å². The third kappa shape index (κ3) is 3.20. The minimum atomic E-state index is 0.0860. The number of hydrogen-bond donors (Lipinski definition) is 0. The van der Waals surface area contributed by atoms with E-state index in [1.165, 1.54) is 5.56 Å². The van der Waals surface area contributed by atoms with E-state index in [2.05, 4.69) is 16.8 Å². The average Bonchev–Trinajstić information content (AvgIpc) is 2.84. The first-order valence-electron chi connectivity index (χ1n) is 5.92. The fourth-order valence-corrected chi connectivity index (χ4v) is 2.45. The van der Waals surface area contributed by atoms with Crippen molar-refractivity contribution >= 4 is 17.1 Å². The topological polar surface area (TPSA) is 26.3 Å². The highest BCUT2D eigenvalue weighted by atomic mass is 32.1. The van der Waals surface area contributed by atoms with Gasteiger partial charge in [0.05, 0.1) is 6.61 Å². The van der Waals surface area contributed by atoms with Crippen molar-refractivity contribution in [1.82, 2.24) is 0 Å². The van der Waals surface area contributed by atoms with Crippen molar-refractivity contribution in [2.75, 3.05) is 6.61 Å². The molecule has 0 amide bonds. The highest BCUT2D eigenvalue weighted by Crippen LogP contribution is 2.20. The quantitative estimate of drug-likeness (QED) is 0.763. The maximum Gasteiger partial charge on any atom is 0.159 e. The van der Waals surface area contributed by atoms with Crippen molar-refractivity contribution in [3.05, 3.63) is 51.7 Å². The molecule has 0 saturated heterocycles. The van der Waals surface area contributed by atoms with Crippen LogP contribution in [0.2, 0.25) is 0 Å². The second kappa shape index (κ2) is 5.83. The zero-order chi connectivity index (χ0) is 13.0. The largest absolute Gasteiger partial charge is 0.493 e. The molecule has 0 atom stereocenters. The normalized spacial score (nSPS) is 10.3. The fraction of sp³-hybridized carbons (Fsp3) is 0.267. The number of aryl methyl sites for hydroxylation is 1. The Balaban J connectivity index is 1.95. The molecule has 3 heteroatoms. The van der Waals surface area contributed by atoms with E-state index in [9.17, 15) is 4.79 Å². The molecule has 2 aromatic rings. The third-order valence-corrected chi connectivity index (χ3v) is 3.54. The predicted molar refractivity (Wildman–Crippen MR) is 74.7 cm³/mol. The van der Waals surface area contributed by atoms with E-state index in [0.717, 1.165) is 23.3 Å². The first kappa shape index (κ1) is 12.8. The molecule has 1 aromatic heterocycles. The van der Waals surface area contributed by atoms with E-state index in [0.29, 0.717) is 6.61 Å². The molecule has 0 radical (unpaired) electrons. The van der Waals surface area contributed by atoms with Crippen LogP contribution in [-0.4, -0.2) is 12.4 Å². The summed E-state index contributed by atoms with van der Waals surface area (Å²) in [5.74, 6) is 0.943. The van der Waals surface area contributed by atoms with Crippen LogP contribution in [0.25, 0.3) is 0 Å². The van der Waals surface area contributed by atoms with Crippen LogP contribution >= 0.6 is 11.3 Å². The second-order valence-electron chi connectivity index (χ2n) is 4.27. The first-order valence-corrected chi connectivity index (χ1v) is 6.86. The molecular formula is C15H16O2S. The summed E-state index contributed by atoms with van der Waals surface area (Å²) in [6.07, 6.45) is 0.914. The van der Waals surface area contributed by atoms with Gasteiger partial charge >= 0.3 is 0 Å². The molecule has 2 rings (SSSR count). The lowest BCUT2D eigenvalue weighted by Gasteiger charge is -2.09. The van der Waals surface area contributed by atoms with Crippen LogP contribution in [-0.2, 0) is 6.42 Å². The molecule has 0 N–H and O–H groups in total. The van der Waals surface area contributed by atoms with Gasteiger partial charge in [-0.2, -0.15) is 11.3 Å². The summed E-state index contributed by atoms with van der Waals surface area (Å²) in [7, 11) is 0. The number of thiophene rings is 1. The number of hydrogen-bond acceptors (Lipinski definition) is 3. The van der Waals surface area contributed by atoms with Gasteiger partial charge < -0.3 is 4.74 Å². The smallest absolute Gasteiger partial charge is 0.159 e. The number of rotatable bonds is 5. The van der Waals surface area contributed by atoms with Crippen molar-refractivity contribution in [2.45, 2.75) is 20.3 Å². The summed E-state index contributed by atoms with van der Waals surface area (Å²) in [6.45, 7) is 4.20. The lowest BCUT2D eigenvalue weighted by molar-refractivity contribution is 0.101. The first-order chi connectivity index (χ1) is 8.66. The van der Waals surface area contributed by atoms with Crippen molar-refractivity contribution in [2.24, 2.45) is 0 Å². The van der Waals surface area contributed by atoms with Gasteiger partial charge in [0.25, 0.3) is 0 Å². The zero-order valence-corrected chi connectivity index (χ0v) is 11.4. The molecule has 0 spiro atoms. The third-order valence-electron chi connectivity index (χ3n) is 2.81. The van der Waals surface area contributed by atoms with Crippen LogP contribution < -0.4 is 4.74 Å². The summed E-state index contributed by atoms with van der Waals surface area (Å²) in [6, 6.07) is 7.68. The van der Waals surface area contributed by atoms with E-state index >= 15 is 0 Å². The molecule has 0 aliphatic heterocycles. The Morgan fingerprint density at radius 3 is 2.78 bits per heavy atom. The lowest BCUT2D eigenvalue weighted by atomic mass is 10.1. The van der Waals surface area contributed by atoms with E-state index in [1.807, 2.05) is 25.1 Å². The SMILES string of the molecule is CC(=O)c1ccc(OCCc2ccsc2)c(C)c1. The van der Waals surface area contributed by atoms with E-state index in [1.54, 1.807) is 18.3 Å². The Kier molecular flexibility index (Phi) is 4.15. The molecule has 1 heterocycles. The summed E-state index contributed by atoms with van der Waals surface area (Å²) in [5.41, 5.74) is 3.05. The lowest BCUT2D eigenvalue weighted by Crippen LogP contribution is -2.02. The van der Waals surface area contributed by atoms with Crippen LogP contribution in [0.3, 0.4) is 0 Å². The summed E-state index contributed by atoms with van der Waals surface area (Å²) in [5, 5.41) is 4.21. The van der Waals surface area contributed by atoms with Crippen molar-refractivity contribution in [3.8, 4) is 5.75 Å². The monoisotopic (exact) mass is 260 g/mol. The molecule has 0 bridgehead atoms. The average molecular weight is 260 g/mol. The summed E-state index contributed by atoms with van der Waals surface area (Å²) >= 11 is 1.70. The van der Waals surface area contributed by atoms with E-state index < -0.39 is 0 Å². The molecule has 94 valence electrons. The Hall–Kier alpha value is -1.61. The fourth-order valence-electron chi connectivity index (χ4n) is 1.74. The molecule has 18 heavy (non-hydrogen) atoms. The molecule has 0 saturated carbocycles. The van der Waals surface area contributed by atoms with Crippen molar-refractivity contribution < 1.29 is 9.53 Å². The van der Waals surface area contributed by atoms with Gasteiger partial charge in [0.2, 0.25) is 0 Å². The maximum atomic E-state index is 11.2. The van der Waals surface area contributed by atoms with Gasteiger partial charge in [-0.15, -0.1) is 0 Å². The van der Waals surface area contributed by atoms with Crippen LogP contribution in [0.1, 0.15) is 28.4 Å². The Bertz CT molecular complexity index is 529. The molecule has 2 nitrogen and oxygen atoms in total. The number of benzene rings is 1. The van der Waals surface area contributed by atoms with Gasteiger partial charge in [-0.3, -0.25) is 4.79 Å². The van der Waals surface area contributed by atoms with Gasteiger partial charge in [0.1, 0.15) is 5.75 Å². The molecule has 0 fully saturated rings. The standard InChI is InChI=1S/C15H16O2S/c1-11-9-14(12(2)16)3-4-15(11)17-7-5-13-6-8-18-10-13/h3-4,6,8-10H,5,7H2,1-2H3. The van der Waals surface area contributed by atoms with E-state index in [4.69, 9.17) is 4.74 Å². The maximum absolute atomic E-state index is 11.2. The highest BCUT2D eigenvalue weighted by Gasteiger charge is 2.04. The van der Waals surface area contributed by atoms with Crippen LogP contribution in [0.15, 0.2) is 35.0 Å². The minimum Gasteiger partial charge on any atom is -0.493 e. The van der Waals surface area contributed by atoms with Crippen molar-refractivity contribution in [3.63, 3.8) is 0 Å². The molecule has 0 aliphatic carbocycles.